The Labute approximate surface area is 192 Å². The van der Waals surface area contributed by atoms with Gasteiger partial charge in [0.2, 0.25) is 10.0 Å². The van der Waals surface area contributed by atoms with Crippen LogP contribution in [0.4, 0.5) is 0 Å². The standard InChI is InChI=1S/C19H34N6O2S.HI/c1-5-20-18(22-15-19(2,3)24-28(4,26)27)23-16-9-12-25(13-10-16)14-17-8-6-7-11-21-17;/h6-8,11,16,24H,5,9-10,12-15H2,1-4H3,(H2,20,22,23);1H. The van der Waals surface area contributed by atoms with Crippen molar-refractivity contribution in [3.05, 3.63) is 30.1 Å². The van der Waals surface area contributed by atoms with Crippen molar-refractivity contribution in [1.29, 1.82) is 0 Å². The molecular formula is C19H35IN6O2S. The molecule has 0 aromatic carbocycles. The SMILES string of the molecule is CCNC(=NCC(C)(C)NS(C)(=O)=O)NC1CCN(Cc2ccccn2)CC1.I. The first-order chi connectivity index (χ1) is 13.2. The number of likely N-dealkylation sites (tertiary alicyclic amines) is 1. The Morgan fingerprint density at radius 1 is 1.31 bits per heavy atom. The molecule has 0 bridgehead atoms. The lowest BCUT2D eigenvalue weighted by atomic mass is 10.0. The summed E-state index contributed by atoms with van der Waals surface area (Å²) in [5.41, 5.74) is 0.464. The van der Waals surface area contributed by atoms with Crippen LogP contribution in [-0.2, 0) is 16.6 Å². The number of guanidine groups is 1. The van der Waals surface area contributed by atoms with Gasteiger partial charge < -0.3 is 10.6 Å². The molecule has 166 valence electrons. The van der Waals surface area contributed by atoms with Crippen molar-refractivity contribution in [1.82, 2.24) is 25.2 Å². The van der Waals surface area contributed by atoms with Crippen molar-refractivity contribution in [2.45, 2.75) is 51.7 Å². The molecule has 2 rings (SSSR count). The number of aliphatic imine (C=N–C) groups is 1. The Bertz CT molecular complexity index is 734. The molecule has 0 saturated carbocycles. The predicted octanol–water partition coefficient (Wildman–Crippen LogP) is 1.55. The molecule has 1 aromatic rings. The number of rotatable bonds is 8. The highest BCUT2D eigenvalue weighted by Gasteiger charge is 2.23. The molecule has 0 aliphatic carbocycles. The lowest BCUT2D eigenvalue weighted by molar-refractivity contribution is 0.196. The van der Waals surface area contributed by atoms with Crippen LogP contribution in [0.2, 0.25) is 0 Å². The van der Waals surface area contributed by atoms with E-state index >= 15 is 0 Å². The van der Waals surface area contributed by atoms with E-state index in [4.69, 9.17) is 0 Å². The Kier molecular flexibility index (Phi) is 10.8. The summed E-state index contributed by atoms with van der Waals surface area (Å²) in [6.07, 6.45) is 5.06. The van der Waals surface area contributed by atoms with Gasteiger partial charge in [-0.15, -0.1) is 24.0 Å². The number of nitrogens with zero attached hydrogens (tertiary/aromatic N) is 3. The summed E-state index contributed by atoms with van der Waals surface area (Å²) in [4.78, 5) is 11.4. The molecule has 0 radical (unpaired) electrons. The zero-order valence-electron chi connectivity index (χ0n) is 17.8. The molecule has 0 unspecified atom stereocenters. The van der Waals surface area contributed by atoms with E-state index < -0.39 is 15.6 Å². The fourth-order valence-electron chi connectivity index (χ4n) is 3.28. The van der Waals surface area contributed by atoms with E-state index in [-0.39, 0.29) is 24.0 Å². The third-order valence-corrected chi connectivity index (χ3v) is 5.40. The first-order valence-corrected chi connectivity index (χ1v) is 11.7. The van der Waals surface area contributed by atoms with E-state index in [0.717, 1.165) is 50.7 Å². The summed E-state index contributed by atoms with van der Waals surface area (Å²) in [5, 5.41) is 6.75. The van der Waals surface area contributed by atoms with Crippen LogP contribution in [0.3, 0.4) is 0 Å². The number of halogens is 1. The lowest BCUT2D eigenvalue weighted by Gasteiger charge is -2.33. The van der Waals surface area contributed by atoms with Gasteiger partial charge in [-0.25, -0.2) is 13.1 Å². The van der Waals surface area contributed by atoms with Crippen LogP contribution in [0, 0.1) is 0 Å². The van der Waals surface area contributed by atoms with Gasteiger partial charge in [0.15, 0.2) is 5.96 Å². The molecule has 0 spiro atoms. The number of nitrogens with one attached hydrogen (secondary N) is 3. The minimum absolute atomic E-state index is 0. The zero-order chi connectivity index (χ0) is 20.6. The second-order valence-electron chi connectivity index (χ2n) is 7.97. The van der Waals surface area contributed by atoms with Gasteiger partial charge in [0.25, 0.3) is 0 Å². The number of hydrogen-bond donors (Lipinski definition) is 3. The normalized spacial score (nSPS) is 16.9. The van der Waals surface area contributed by atoms with Crippen LogP contribution in [0.15, 0.2) is 29.4 Å². The monoisotopic (exact) mass is 538 g/mol. The van der Waals surface area contributed by atoms with Crippen molar-refractivity contribution >= 4 is 40.0 Å². The Morgan fingerprint density at radius 2 is 2.00 bits per heavy atom. The maximum absolute atomic E-state index is 11.5. The summed E-state index contributed by atoms with van der Waals surface area (Å²) < 4.78 is 25.6. The van der Waals surface area contributed by atoms with E-state index in [1.807, 2.05) is 39.1 Å². The molecule has 1 aliphatic rings. The van der Waals surface area contributed by atoms with Crippen LogP contribution in [0.1, 0.15) is 39.3 Å². The highest BCUT2D eigenvalue weighted by Crippen LogP contribution is 2.13. The Balaban J connectivity index is 0.00000420. The first kappa shape index (κ1) is 26.1. The number of sulfonamides is 1. The van der Waals surface area contributed by atoms with Gasteiger partial charge in [-0.05, 0) is 45.7 Å². The summed E-state index contributed by atoms with van der Waals surface area (Å²) in [6.45, 7) is 9.69. The summed E-state index contributed by atoms with van der Waals surface area (Å²) >= 11 is 0. The highest BCUT2D eigenvalue weighted by atomic mass is 127. The fourth-order valence-corrected chi connectivity index (χ4v) is 4.35. The minimum Gasteiger partial charge on any atom is -0.357 e. The molecule has 3 N–H and O–H groups in total. The second-order valence-corrected chi connectivity index (χ2v) is 9.72. The van der Waals surface area contributed by atoms with Gasteiger partial charge in [0.05, 0.1) is 18.5 Å². The van der Waals surface area contributed by atoms with Gasteiger partial charge in [-0.1, -0.05) is 6.07 Å². The molecule has 1 aromatic heterocycles. The molecule has 1 saturated heterocycles. The molecule has 2 heterocycles. The predicted molar refractivity (Wildman–Crippen MR) is 129 cm³/mol. The second kappa shape index (κ2) is 12.0. The minimum atomic E-state index is -3.27. The van der Waals surface area contributed by atoms with Crippen LogP contribution in [-0.4, -0.2) is 68.3 Å². The van der Waals surface area contributed by atoms with E-state index in [2.05, 4.69) is 36.3 Å². The zero-order valence-corrected chi connectivity index (χ0v) is 21.0. The Morgan fingerprint density at radius 3 is 2.55 bits per heavy atom. The lowest BCUT2D eigenvalue weighted by Crippen LogP contribution is -2.50. The van der Waals surface area contributed by atoms with Gasteiger partial charge in [-0.2, -0.15) is 0 Å². The first-order valence-electron chi connectivity index (χ1n) is 9.83. The quantitative estimate of drug-likeness (QED) is 0.264. The third-order valence-electron chi connectivity index (χ3n) is 4.48. The molecule has 1 fully saturated rings. The molecule has 0 amide bonds. The van der Waals surface area contributed by atoms with Crippen LogP contribution in [0.5, 0.6) is 0 Å². The van der Waals surface area contributed by atoms with Crippen LogP contribution in [0.25, 0.3) is 0 Å². The molecule has 8 nitrogen and oxygen atoms in total. The molecule has 0 atom stereocenters. The van der Waals surface area contributed by atoms with Gasteiger partial charge in [0, 0.05) is 44.0 Å². The van der Waals surface area contributed by atoms with E-state index in [1.54, 1.807) is 0 Å². The average molecular weight is 539 g/mol. The number of pyridine rings is 1. The summed E-state index contributed by atoms with van der Waals surface area (Å²) in [7, 11) is -3.27. The van der Waals surface area contributed by atoms with Crippen molar-refractivity contribution in [3.63, 3.8) is 0 Å². The van der Waals surface area contributed by atoms with E-state index in [9.17, 15) is 8.42 Å². The van der Waals surface area contributed by atoms with Crippen LogP contribution < -0.4 is 15.4 Å². The smallest absolute Gasteiger partial charge is 0.209 e. The number of piperidine rings is 1. The third kappa shape index (κ3) is 10.6. The van der Waals surface area contributed by atoms with Gasteiger partial charge >= 0.3 is 0 Å². The van der Waals surface area contributed by atoms with Crippen molar-refractivity contribution in [2.75, 3.05) is 32.4 Å². The highest BCUT2D eigenvalue weighted by molar-refractivity contribution is 14.0. The maximum Gasteiger partial charge on any atom is 0.209 e. The molecule has 1 aliphatic heterocycles. The van der Waals surface area contributed by atoms with Gasteiger partial charge in [0.1, 0.15) is 0 Å². The largest absolute Gasteiger partial charge is 0.357 e. The molecule has 10 heteroatoms. The van der Waals surface area contributed by atoms with Crippen molar-refractivity contribution in [3.8, 4) is 0 Å². The topological polar surface area (TPSA) is 98.7 Å². The van der Waals surface area contributed by atoms with Crippen molar-refractivity contribution in [2.24, 2.45) is 4.99 Å². The van der Waals surface area contributed by atoms with Crippen LogP contribution >= 0.6 is 24.0 Å². The number of hydrogen-bond acceptors (Lipinski definition) is 5. The fraction of sp³-hybridized carbons (Fsp3) is 0.684. The van der Waals surface area contributed by atoms with E-state index in [0.29, 0.717) is 12.6 Å². The maximum atomic E-state index is 11.5. The molecular weight excluding hydrogens is 503 g/mol. The summed E-state index contributed by atoms with van der Waals surface area (Å²) in [6, 6.07) is 6.37. The number of aromatic nitrogens is 1. The summed E-state index contributed by atoms with van der Waals surface area (Å²) in [5.74, 6) is 0.731. The molecule has 29 heavy (non-hydrogen) atoms. The average Bonchev–Trinajstić information content (AvgIpc) is 2.60. The Hall–Kier alpha value is -0.980. The van der Waals surface area contributed by atoms with Gasteiger partial charge in [-0.3, -0.25) is 14.9 Å². The van der Waals surface area contributed by atoms with E-state index in [1.165, 1.54) is 6.26 Å². The van der Waals surface area contributed by atoms with Crippen molar-refractivity contribution < 1.29 is 8.42 Å².